The number of carboxylic acids is 1. The van der Waals surface area contributed by atoms with Gasteiger partial charge in [-0.2, -0.15) is 0 Å². The van der Waals surface area contributed by atoms with Crippen LogP contribution in [0.5, 0.6) is 0 Å². The van der Waals surface area contributed by atoms with Crippen LogP contribution in [0.1, 0.15) is 11.1 Å². The molecule has 4 heteroatoms. The first kappa shape index (κ1) is 11.0. The van der Waals surface area contributed by atoms with E-state index in [9.17, 15) is 9.59 Å². The predicted octanol–water partition coefficient (Wildman–Crippen LogP) is 0.948. The van der Waals surface area contributed by atoms with Crippen LogP contribution in [0.2, 0.25) is 0 Å². The van der Waals surface area contributed by atoms with Crippen molar-refractivity contribution in [3.8, 4) is 0 Å². The minimum absolute atomic E-state index is 0.0828. The number of carboxylic acid groups (broad SMARTS) is 1. The van der Waals surface area contributed by atoms with Crippen molar-refractivity contribution in [2.24, 2.45) is 5.73 Å². The Labute approximate surface area is 87.0 Å². The number of hydrogen-bond acceptors (Lipinski definition) is 2. The van der Waals surface area contributed by atoms with E-state index in [0.717, 1.165) is 11.6 Å². The third-order valence-corrected chi connectivity index (χ3v) is 1.95. The highest BCUT2D eigenvalue weighted by Crippen LogP contribution is 2.18. The van der Waals surface area contributed by atoms with Crippen molar-refractivity contribution >= 4 is 17.4 Å². The average molecular weight is 205 g/mol. The molecule has 3 N–H and O–H groups in total. The van der Waals surface area contributed by atoms with Gasteiger partial charge in [0.15, 0.2) is 0 Å². The van der Waals surface area contributed by atoms with Gasteiger partial charge in [0.2, 0.25) is 5.91 Å². The molecule has 0 radical (unpaired) electrons. The fourth-order valence-electron chi connectivity index (χ4n) is 1.27. The standard InChI is InChI=1S/C11H11NO3/c1-7-4-2-3-5-8(7)9(11(14)15)6-10(12)13/h2-6H,1H3,(H2,12,13)(H,14,15)/b9-6-. The first-order chi connectivity index (χ1) is 7.02. The number of amides is 1. The van der Waals surface area contributed by atoms with Crippen LogP contribution < -0.4 is 5.73 Å². The predicted molar refractivity (Wildman–Crippen MR) is 56.0 cm³/mol. The minimum atomic E-state index is -1.16. The SMILES string of the molecule is Cc1ccccc1/C(=C/C(N)=O)C(=O)O. The molecule has 0 spiro atoms. The topological polar surface area (TPSA) is 80.4 Å². The van der Waals surface area contributed by atoms with Gasteiger partial charge in [0.25, 0.3) is 0 Å². The third-order valence-electron chi connectivity index (χ3n) is 1.95. The largest absolute Gasteiger partial charge is 0.478 e. The van der Waals surface area contributed by atoms with Crippen molar-refractivity contribution in [1.82, 2.24) is 0 Å². The summed E-state index contributed by atoms with van der Waals surface area (Å²) in [6.07, 6.45) is 0.921. The summed E-state index contributed by atoms with van der Waals surface area (Å²) in [5.74, 6) is -1.93. The number of carbonyl (C=O) groups excluding carboxylic acids is 1. The Kier molecular flexibility index (Phi) is 3.23. The number of aliphatic carboxylic acids is 1. The van der Waals surface area contributed by atoms with Crippen molar-refractivity contribution in [2.45, 2.75) is 6.92 Å². The van der Waals surface area contributed by atoms with E-state index in [2.05, 4.69) is 0 Å². The second-order valence-electron chi connectivity index (χ2n) is 3.08. The minimum Gasteiger partial charge on any atom is -0.478 e. The summed E-state index contributed by atoms with van der Waals surface area (Å²) in [4.78, 5) is 21.6. The monoisotopic (exact) mass is 205 g/mol. The molecule has 0 bridgehead atoms. The van der Waals surface area contributed by atoms with Crippen molar-refractivity contribution in [2.75, 3.05) is 0 Å². The number of primary amides is 1. The molecule has 1 aromatic rings. The number of nitrogens with two attached hydrogens (primary N) is 1. The Morgan fingerprint density at radius 3 is 2.40 bits per heavy atom. The lowest BCUT2D eigenvalue weighted by atomic mass is 10.0. The van der Waals surface area contributed by atoms with Gasteiger partial charge < -0.3 is 10.8 Å². The van der Waals surface area contributed by atoms with Gasteiger partial charge in [-0.3, -0.25) is 4.79 Å². The summed E-state index contributed by atoms with van der Waals surface area (Å²) in [7, 11) is 0. The lowest BCUT2D eigenvalue weighted by Crippen LogP contribution is -2.11. The molecule has 0 unspecified atom stereocenters. The molecule has 4 nitrogen and oxygen atoms in total. The molecular weight excluding hydrogens is 194 g/mol. The molecular formula is C11H11NO3. The Hall–Kier alpha value is -2.10. The Morgan fingerprint density at radius 2 is 1.93 bits per heavy atom. The van der Waals surface area contributed by atoms with Gasteiger partial charge in [0.05, 0.1) is 5.57 Å². The fraction of sp³-hybridized carbons (Fsp3) is 0.0909. The molecule has 15 heavy (non-hydrogen) atoms. The van der Waals surface area contributed by atoms with Crippen LogP contribution in [0, 0.1) is 6.92 Å². The van der Waals surface area contributed by atoms with Gasteiger partial charge in [-0.05, 0) is 18.1 Å². The van der Waals surface area contributed by atoms with Crippen molar-refractivity contribution in [3.63, 3.8) is 0 Å². The maximum Gasteiger partial charge on any atom is 0.336 e. The van der Waals surface area contributed by atoms with E-state index in [-0.39, 0.29) is 5.57 Å². The number of rotatable bonds is 3. The quantitative estimate of drug-likeness (QED) is 0.721. The van der Waals surface area contributed by atoms with Gasteiger partial charge in [-0.15, -0.1) is 0 Å². The van der Waals surface area contributed by atoms with Crippen LogP contribution in [0.3, 0.4) is 0 Å². The molecule has 78 valence electrons. The summed E-state index contributed by atoms with van der Waals surface area (Å²) < 4.78 is 0. The second kappa shape index (κ2) is 4.41. The highest BCUT2D eigenvalue weighted by molar-refractivity contribution is 6.20. The van der Waals surface area contributed by atoms with Crippen LogP contribution >= 0.6 is 0 Å². The van der Waals surface area contributed by atoms with Gasteiger partial charge in [0, 0.05) is 6.08 Å². The number of hydrogen-bond donors (Lipinski definition) is 2. The van der Waals surface area contributed by atoms with Crippen LogP contribution in [0.4, 0.5) is 0 Å². The van der Waals surface area contributed by atoms with E-state index in [4.69, 9.17) is 10.8 Å². The zero-order valence-electron chi connectivity index (χ0n) is 8.23. The molecule has 0 fully saturated rings. The highest BCUT2D eigenvalue weighted by atomic mass is 16.4. The fourth-order valence-corrected chi connectivity index (χ4v) is 1.27. The summed E-state index contributed by atoms with van der Waals surface area (Å²) in [6.45, 7) is 1.77. The smallest absolute Gasteiger partial charge is 0.336 e. The maximum absolute atomic E-state index is 10.9. The second-order valence-corrected chi connectivity index (χ2v) is 3.08. The zero-order valence-corrected chi connectivity index (χ0v) is 8.23. The van der Waals surface area contributed by atoms with Crippen LogP contribution in [0.15, 0.2) is 30.3 Å². The Morgan fingerprint density at radius 1 is 1.33 bits per heavy atom. The van der Waals surface area contributed by atoms with Gasteiger partial charge in [0.1, 0.15) is 0 Å². The van der Waals surface area contributed by atoms with E-state index in [1.165, 1.54) is 0 Å². The Bertz CT molecular complexity index is 435. The van der Waals surface area contributed by atoms with Crippen molar-refractivity contribution in [3.05, 3.63) is 41.5 Å². The van der Waals surface area contributed by atoms with Gasteiger partial charge in [-0.1, -0.05) is 24.3 Å². The van der Waals surface area contributed by atoms with Crippen molar-refractivity contribution < 1.29 is 14.7 Å². The lowest BCUT2D eigenvalue weighted by molar-refractivity contribution is -0.130. The normalized spacial score (nSPS) is 11.1. The lowest BCUT2D eigenvalue weighted by Gasteiger charge is -2.05. The molecule has 1 aromatic carbocycles. The van der Waals surface area contributed by atoms with E-state index in [0.29, 0.717) is 5.56 Å². The van der Waals surface area contributed by atoms with Gasteiger partial charge >= 0.3 is 5.97 Å². The average Bonchev–Trinajstić information content (AvgIpc) is 2.15. The molecule has 0 heterocycles. The zero-order chi connectivity index (χ0) is 11.4. The Balaban J connectivity index is 3.29. The summed E-state index contributed by atoms with van der Waals surface area (Å²) in [5.41, 5.74) is 6.15. The summed E-state index contributed by atoms with van der Waals surface area (Å²) >= 11 is 0. The number of benzene rings is 1. The van der Waals surface area contributed by atoms with Crippen LogP contribution in [0.25, 0.3) is 5.57 Å². The highest BCUT2D eigenvalue weighted by Gasteiger charge is 2.13. The maximum atomic E-state index is 10.9. The number of aryl methyl sites for hydroxylation is 1. The molecule has 0 aliphatic carbocycles. The molecule has 0 saturated heterocycles. The first-order valence-electron chi connectivity index (χ1n) is 4.33. The van der Waals surface area contributed by atoms with E-state index < -0.39 is 11.9 Å². The molecule has 0 atom stereocenters. The summed E-state index contributed by atoms with van der Waals surface area (Å²) in [6, 6.07) is 6.91. The summed E-state index contributed by atoms with van der Waals surface area (Å²) in [5, 5.41) is 8.92. The molecule has 0 aromatic heterocycles. The van der Waals surface area contributed by atoms with Crippen LogP contribution in [-0.2, 0) is 9.59 Å². The molecule has 0 saturated carbocycles. The van der Waals surface area contributed by atoms with E-state index >= 15 is 0 Å². The molecule has 0 aliphatic rings. The molecule has 0 aliphatic heterocycles. The molecule has 1 amide bonds. The van der Waals surface area contributed by atoms with Gasteiger partial charge in [-0.25, -0.2) is 4.79 Å². The van der Waals surface area contributed by atoms with Crippen LogP contribution in [-0.4, -0.2) is 17.0 Å². The molecule has 1 rings (SSSR count). The third kappa shape index (κ3) is 2.67. The number of carbonyl (C=O) groups is 2. The van der Waals surface area contributed by atoms with E-state index in [1.54, 1.807) is 31.2 Å². The van der Waals surface area contributed by atoms with Crippen molar-refractivity contribution in [1.29, 1.82) is 0 Å². The first-order valence-corrected chi connectivity index (χ1v) is 4.33. The van der Waals surface area contributed by atoms with E-state index in [1.807, 2.05) is 0 Å².